The van der Waals surface area contributed by atoms with Crippen LogP contribution in [0.25, 0.3) is 22.3 Å². The van der Waals surface area contributed by atoms with Crippen LogP contribution in [0.5, 0.6) is 5.75 Å². The van der Waals surface area contributed by atoms with E-state index in [4.69, 9.17) is 9.72 Å². The lowest BCUT2D eigenvalue weighted by molar-refractivity contribution is 0.0755. The lowest BCUT2D eigenvalue weighted by Crippen LogP contribution is -2.26. The Balaban J connectivity index is 1.75. The third-order valence-electron chi connectivity index (χ3n) is 5.31. The van der Waals surface area contributed by atoms with E-state index in [2.05, 4.69) is 21.4 Å². The average Bonchev–Trinajstić information content (AvgIpc) is 3.38. The van der Waals surface area contributed by atoms with Crippen LogP contribution in [0, 0.1) is 0 Å². The van der Waals surface area contributed by atoms with Gasteiger partial charge in [0.2, 0.25) is 0 Å². The first-order valence-electron chi connectivity index (χ1n) is 8.83. The maximum Gasteiger partial charge on any atom is 0.145 e. The normalized spacial score (nSPS) is 18.8. The molecule has 7 heteroatoms. The smallest absolute Gasteiger partial charge is 0.145 e. The summed E-state index contributed by atoms with van der Waals surface area (Å²) in [5, 5.41) is 23.2. The molecular formula is C20H19N5O2. The number of benzene rings is 1. The Morgan fingerprint density at radius 3 is 2.93 bits per heavy atom. The van der Waals surface area contributed by atoms with Gasteiger partial charge >= 0.3 is 0 Å². The Hall–Kier alpha value is -3.19. The van der Waals surface area contributed by atoms with Crippen molar-refractivity contribution in [2.45, 2.75) is 18.4 Å². The van der Waals surface area contributed by atoms with E-state index in [0.29, 0.717) is 29.1 Å². The molecule has 1 aromatic carbocycles. The van der Waals surface area contributed by atoms with Crippen LogP contribution in [-0.2, 0) is 19.1 Å². The Morgan fingerprint density at radius 1 is 1.30 bits per heavy atom. The molecule has 4 aromatic rings. The number of H-pyrrole nitrogens is 1. The van der Waals surface area contributed by atoms with Gasteiger partial charge in [0.1, 0.15) is 28.3 Å². The van der Waals surface area contributed by atoms with E-state index in [0.717, 1.165) is 28.6 Å². The number of rotatable bonds is 3. The van der Waals surface area contributed by atoms with Gasteiger partial charge in [-0.05, 0) is 24.0 Å². The maximum absolute atomic E-state index is 11.6. The molecule has 1 unspecified atom stereocenters. The third kappa shape index (κ3) is 2.28. The van der Waals surface area contributed by atoms with Crippen molar-refractivity contribution >= 4 is 11.0 Å². The number of aromatic nitrogens is 5. The highest BCUT2D eigenvalue weighted by atomic mass is 16.5. The molecule has 1 atom stereocenters. The lowest BCUT2D eigenvalue weighted by Gasteiger charge is -2.25. The summed E-state index contributed by atoms with van der Waals surface area (Å²) in [6, 6.07) is 9.81. The van der Waals surface area contributed by atoms with Crippen molar-refractivity contribution in [2.75, 3.05) is 7.11 Å². The molecule has 0 radical (unpaired) electrons. The van der Waals surface area contributed by atoms with Crippen LogP contribution < -0.4 is 4.74 Å². The lowest BCUT2D eigenvalue weighted by atomic mass is 9.91. The Morgan fingerprint density at radius 2 is 2.15 bits per heavy atom. The van der Waals surface area contributed by atoms with Gasteiger partial charge in [0.05, 0.1) is 18.8 Å². The van der Waals surface area contributed by atoms with E-state index in [1.807, 2.05) is 37.5 Å². The fourth-order valence-corrected chi connectivity index (χ4v) is 3.96. The van der Waals surface area contributed by atoms with Gasteiger partial charge < -0.3 is 9.84 Å². The summed E-state index contributed by atoms with van der Waals surface area (Å²) in [5.74, 6) is 0.545. The van der Waals surface area contributed by atoms with Gasteiger partial charge in [0.15, 0.2) is 0 Å². The average molecular weight is 361 g/mol. The number of nitrogens with zero attached hydrogens (tertiary/aromatic N) is 4. The van der Waals surface area contributed by atoms with E-state index in [9.17, 15) is 5.11 Å². The second kappa shape index (κ2) is 5.65. The number of methoxy groups -OCH3 is 1. The van der Waals surface area contributed by atoms with E-state index in [1.54, 1.807) is 18.0 Å². The zero-order valence-electron chi connectivity index (χ0n) is 15.1. The second-order valence-corrected chi connectivity index (χ2v) is 6.93. The molecular weight excluding hydrogens is 342 g/mol. The largest absolute Gasteiger partial charge is 0.495 e. The minimum absolute atomic E-state index is 0.522. The number of hydrogen-bond acceptors (Lipinski definition) is 5. The van der Waals surface area contributed by atoms with Crippen molar-refractivity contribution in [2.24, 2.45) is 7.05 Å². The molecule has 3 aromatic heterocycles. The number of aliphatic hydroxyl groups is 1. The van der Waals surface area contributed by atoms with Crippen molar-refractivity contribution in [3.63, 3.8) is 0 Å². The summed E-state index contributed by atoms with van der Waals surface area (Å²) in [4.78, 5) is 4.84. The summed E-state index contributed by atoms with van der Waals surface area (Å²) in [6.45, 7) is 0. The van der Waals surface area contributed by atoms with Crippen LogP contribution in [0.1, 0.15) is 23.2 Å². The van der Waals surface area contributed by atoms with Gasteiger partial charge in [0, 0.05) is 24.9 Å². The molecule has 0 aliphatic heterocycles. The highest BCUT2D eigenvalue weighted by molar-refractivity contribution is 5.90. The molecule has 1 aliphatic rings. The van der Waals surface area contributed by atoms with Crippen molar-refractivity contribution in [3.05, 3.63) is 59.5 Å². The number of nitrogens with one attached hydrogen (secondary N) is 1. The van der Waals surface area contributed by atoms with Crippen molar-refractivity contribution < 1.29 is 9.84 Å². The van der Waals surface area contributed by atoms with E-state index in [-0.39, 0.29) is 0 Å². The first-order chi connectivity index (χ1) is 13.1. The monoisotopic (exact) mass is 361 g/mol. The molecule has 136 valence electrons. The third-order valence-corrected chi connectivity index (χ3v) is 5.31. The van der Waals surface area contributed by atoms with Gasteiger partial charge in [-0.25, -0.2) is 4.98 Å². The highest BCUT2D eigenvalue weighted by Gasteiger charge is 2.42. The fraction of sp³-hybridized carbons (Fsp3) is 0.250. The highest BCUT2D eigenvalue weighted by Crippen LogP contribution is 2.45. The Labute approximate surface area is 155 Å². The van der Waals surface area contributed by atoms with Crippen LogP contribution in [0.15, 0.2) is 42.7 Å². The molecule has 3 heterocycles. The topological polar surface area (TPSA) is 88.9 Å². The SMILES string of the molecule is COc1cc2[nH]nc(-c3cnn(C)c3)c2nc1C1(O)CCc2ccccc21. The zero-order chi connectivity index (χ0) is 18.6. The molecule has 0 fully saturated rings. The van der Waals surface area contributed by atoms with Crippen LogP contribution in [-0.4, -0.2) is 37.2 Å². The molecule has 27 heavy (non-hydrogen) atoms. The first kappa shape index (κ1) is 16.0. The first-order valence-corrected chi connectivity index (χ1v) is 8.83. The quantitative estimate of drug-likeness (QED) is 0.585. The summed E-state index contributed by atoms with van der Waals surface area (Å²) in [7, 11) is 3.45. The van der Waals surface area contributed by atoms with Crippen molar-refractivity contribution in [1.82, 2.24) is 25.0 Å². The van der Waals surface area contributed by atoms with E-state index >= 15 is 0 Å². The number of ether oxygens (including phenoxy) is 1. The molecule has 0 saturated carbocycles. The minimum Gasteiger partial charge on any atom is -0.495 e. The standard InChI is InChI=1S/C20H19N5O2/c1-25-11-13(10-21-25)17-18-15(23-24-17)9-16(27-2)19(22-18)20(26)8-7-12-5-3-4-6-14(12)20/h3-6,9-11,26H,7-8H2,1-2H3,(H,23,24). The van der Waals surface area contributed by atoms with Crippen molar-refractivity contribution in [3.8, 4) is 17.0 Å². The second-order valence-electron chi connectivity index (χ2n) is 6.93. The summed E-state index contributed by atoms with van der Waals surface area (Å²) in [5.41, 5.74) is 4.39. The van der Waals surface area contributed by atoms with Gasteiger partial charge in [-0.3, -0.25) is 9.78 Å². The Kier molecular flexibility index (Phi) is 3.35. The minimum atomic E-state index is -1.18. The number of fused-ring (bicyclic) bond motifs is 2. The summed E-state index contributed by atoms with van der Waals surface area (Å²) < 4.78 is 7.30. The molecule has 1 aliphatic carbocycles. The number of hydrogen-bond donors (Lipinski definition) is 2. The molecule has 0 bridgehead atoms. The zero-order valence-corrected chi connectivity index (χ0v) is 15.1. The molecule has 0 spiro atoms. The molecule has 7 nitrogen and oxygen atoms in total. The maximum atomic E-state index is 11.6. The van der Waals surface area contributed by atoms with Gasteiger partial charge in [-0.15, -0.1) is 0 Å². The van der Waals surface area contributed by atoms with Gasteiger partial charge in [-0.1, -0.05) is 24.3 Å². The molecule has 0 saturated heterocycles. The van der Waals surface area contributed by atoms with Crippen LogP contribution in [0.2, 0.25) is 0 Å². The molecule has 0 amide bonds. The van der Waals surface area contributed by atoms with E-state index < -0.39 is 5.60 Å². The van der Waals surface area contributed by atoms with Gasteiger partial charge in [-0.2, -0.15) is 10.2 Å². The van der Waals surface area contributed by atoms with Crippen molar-refractivity contribution in [1.29, 1.82) is 0 Å². The number of pyridine rings is 1. The Bertz CT molecular complexity index is 1160. The van der Waals surface area contributed by atoms with E-state index in [1.165, 1.54) is 0 Å². The van der Waals surface area contributed by atoms with Crippen LogP contribution in [0.3, 0.4) is 0 Å². The fourth-order valence-electron chi connectivity index (χ4n) is 3.96. The predicted molar refractivity (Wildman–Crippen MR) is 100 cm³/mol. The molecule has 5 rings (SSSR count). The van der Waals surface area contributed by atoms with Gasteiger partial charge in [0.25, 0.3) is 0 Å². The van der Waals surface area contributed by atoms with Crippen LogP contribution in [0.4, 0.5) is 0 Å². The summed E-state index contributed by atoms with van der Waals surface area (Å²) >= 11 is 0. The number of aromatic amines is 1. The van der Waals surface area contributed by atoms with Crippen LogP contribution >= 0.6 is 0 Å². The summed E-state index contributed by atoms with van der Waals surface area (Å²) in [6.07, 6.45) is 5.01. The molecule has 2 N–H and O–H groups in total. The number of aryl methyl sites for hydroxylation is 2. The predicted octanol–water partition coefficient (Wildman–Crippen LogP) is 2.55.